The largest absolute Gasteiger partial charge is 0.495 e. The first-order valence-electron chi connectivity index (χ1n) is 10.5. The summed E-state index contributed by atoms with van der Waals surface area (Å²) in [7, 11) is 4.72. The molecule has 0 radical (unpaired) electrons. The summed E-state index contributed by atoms with van der Waals surface area (Å²) in [4.78, 5) is 24.1. The van der Waals surface area contributed by atoms with Gasteiger partial charge in [0, 0.05) is 24.9 Å². The first kappa shape index (κ1) is 24.4. The molecule has 0 aliphatic rings. The number of fused-ring (bicyclic) bond motifs is 1. The number of benzene rings is 1. The van der Waals surface area contributed by atoms with Gasteiger partial charge in [-0.1, -0.05) is 13.3 Å². The van der Waals surface area contributed by atoms with E-state index in [1.54, 1.807) is 24.8 Å². The molecule has 1 atom stereocenters. The molecule has 8 nitrogen and oxygen atoms in total. The minimum absolute atomic E-state index is 0.110. The van der Waals surface area contributed by atoms with E-state index in [4.69, 9.17) is 18.9 Å². The first-order valence-corrected chi connectivity index (χ1v) is 10.5. The van der Waals surface area contributed by atoms with Gasteiger partial charge in [0.2, 0.25) is 0 Å². The number of nitrogens with one attached hydrogen (secondary N) is 1. The molecule has 1 aromatic carbocycles. The van der Waals surface area contributed by atoms with Crippen molar-refractivity contribution >= 4 is 23.0 Å². The molecule has 0 fully saturated rings. The Morgan fingerprint density at radius 1 is 1.16 bits per heavy atom. The fourth-order valence-corrected chi connectivity index (χ4v) is 3.40. The van der Waals surface area contributed by atoms with E-state index in [0.717, 1.165) is 23.7 Å². The highest BCUT2D eigenvalue weighted by molar-refractivity contribution is 6.00. The van der Waals surface area contributed by atoms with E-state index in [1.807, 2.05) is 32.9 Å². The summed E-state index contributed by atoms with van der Waals surface area (Å²) in [6, 6.07) is 5.38. The van der Waals surface area contributed by atoms with Crippen LogP contribution in [0, 0.1) is 5.92 Å². The van der Waals surface area contributed by atoms with Gasteiger partial charge in [-0.3, -0.25) is 0 Å². The van der Waals surface area contributed by atoms with Crippen LogP contribution in [-0.4, -0.2) is 49.6 Å². The lowest BCUT2D eigenvalue weighted by molar-refractivity contribution is 0.0511. The molecular formula is C23H34N2O6. The highest BCUT2D eigenvalue weighted by Gasteiger charge is 2.21. The number of carbonyl (C=O) groups is 2. The van der Waals surface area contributed by atoms with E-state index in [9.17, 15) is 9.59 Å². The molecule has 1 amide bonds. The third-order valence-electron chi connectivity index (χ3n) is 4.84. The molecular weight excluding hydrogens is 400 g/mol. The zero-order chi connectivity index (χ0) is 23.2. The van der Waals surface area contributed by atoms with Gasteiger partial charge in [0.05, 0.1) is 26.3 Å². The lowest BCUT2D eigenvalue weighted by atomic mass is 10.1. The van der Waals surface area contributed by atoms with Crippen molar-refractivity contribution in [2.45, 2.75) is 46.1 Å². The summed E-state index contributed by atoms with van der Waals surface area (Å²) < 4.78 is 23.5. The Morgan fingerprint density at radius 2 is 1.84 bits per heavy atom. The standard InChI is InChI=1S/C23H34N2O6/c1-8-9-15(13-24-22(27)31-23(2,3)4)14-30-18-10-11-19(28-6)20-16(18)12-17(25(20)5)21(26)29-7/h10-12,15H,8-9,13-14H2,1-7H3,(H,24,27)/t15-/m0/s1. The van der Waals surface area contributed by atoms with Crippen LogP contribution in [0.25, 0.3) is 10.9 Å². The highest BCUT2D eigenvalue weighted by Crippen LogP contribution is 2.35. The number of aromatic nitrogens is 1. The van der Waals surface area contributed by atoms with Crippen LogP contribution < -0.4 is 14.8 Å². The first-order chi connectivity index (χ1) is 14.6. The number of ether oxygens (including phenoxy) is 4. The van der Waals surface area contributed by atoms with E-state index in [1.165, 1.54) is 7.11 Å². The van der Waals surface area contributed by atoms with Gasteiger partial charge in [-0.25, -0.2) is 9.59 Å². The normalized spacial score (nSPS) is 12.4. The van der Waals surface area contributed by atoms with Gasteiger partial charge in [-0.15, -0.1) is 0 Å². The summed E-state index contributed by atoms with van der Waals surface area (Å²) in [6.45, 7) is 8.44. The monoisotopic (exact) mass is 434 g/mol. The van der Waals surface area contributed by atoms with Crippen LogP contribution >= 0.6 is 0 Å². The number of alkyl carbamates (subject to hydrolysis) is 1. The number of hydrogen-bond donors (Lipinski definition) is 1. The van der Waals surface area contributed by atoms with Gasteiger partial charge in [-0.05, 0) is 45.4 Å². The maximum atomic E-state index is 12.1. The molecule has 0 unspecified atom stereocenters. The third kappa shape index (κ3) is 6.29. The Bertz CT molecular complexity index is 913. The van der Waals surface area contributed by atoms with Crippen molar-refractivity contribution in [2.24, 2.45) is 13.0 Å². The molecule has 0 saturated carbocycles. The van der Waals surface area contributed by atoms with Gasteiger partial charge in [0.25, 0.3) is 0 Å². The lowest BCUT2D eigenvalue weighted by Crippen LogP contribution is -2.36. The van der Waals surface area contributed by atoms with E-state index >= 15 is 0 Å². The second kappa shape index (κ2) is 10.4. The summed E-state index contributed by atoms with van der Waals surface area (Å²) >= 11 is 0. The Morgan fingerprint density at radius 3 is 2.42 bits per heavy atom. The number of aryl methyl sites for hydroxylation is 1. The van der Waals surface area contributed by atoms with E-state index in [2.05, 4.69) is 12.2 Å². The van der Waals surface area contributed by atoms with Crippen molar-refractivity contribution in [1.29, 1.82) is 0 Å². The molecule has 0 aliphatic heterocycles. The molecule has 1 aromatic heterocycles. The van der Waals surface area contributed by atoms with Gasteiger partial charge in [-0.2, -0.15) is 0 Å². The molecule has 2 rings (SSSR count). The number of amides is 1. The van der Waals surface area contributed by atoms with Crippen LogP contribution in [-0.2, 0) is 16.5 Å². The number of nitrogens with zero attached hydrogens (tertiary/aromatic N) is 1. The van der Waals surface area contributed by atoms with Crippen molar-refractivity contribution in [1.82, 2.24) is 9.88 Å². The van der Waals surface area contributed by atoms with Crippen molar-refractivity contribution in [3.05, 3.63) is 23.9 Å². The maximum Gasteiger partial charge on any atom is 0.407 e. The lowest BCUT2D eigenvalue weighted by Gasteiger charge is -2.22. The van der Waals surface area contributed by atoms with Crippen LogP contribution in [0.1, 0.15) is 51.0 Å². The highest BCUT2D eigenvalue weighted by atomic mass is 16.6. The number of esters is 1. The summed E-state index contributed by atoms with van der Waals surface area (Å²) in [5, 5.41) is 3.59. The zero-order valence-corrected chi connectivity index (χ0v) is 19.5. The maximum absolute atomic E-state index is 12.1. The fourth-order valence-electron chi connectivity index (χ4n) is 3.40. The number of methoxy groups -OCH3 is 2. The second-order valence-corrected chi connectivity index (χ2v) is 8.46. The Hall–Kier alpha value is -2.90. The van der Waals surface area contributed by atoms with Gasteiger partial charge >= 0.3 is 12.1 Å². The molecule has 1 heterocycles. The average molecular weight is 435 g/mol. The Balaban J connectivity index is 2.19. The van der Waals surface area contributed by atoms with Crippen LogP contribution in [0.2, 0.25) is 0 Å². The summed E-state index contributed by atoms with van der Waals surface area (Å²) in [6.07, 6.45) is 1.41. The number of rotatable bonds is 9. The van der Waals surface area contributed by atoms with E-state index < -0.39 is 17.7 Å². The van der Waals surface area contributed by atoms with Gasteiger partial charge in [0.15, 0.2) is 0 Å². The van der Waals surface area contributed by atoms with Crippen molar-refractivity contribution < 1.29 is 28.5 Å². The fraction of sp³-hybridized carbons (Fsp3) is 0.565. The van der Waals surface area contributed by atoms with Crippen molar-refractivity contribution in [3.8, 4) is 11.5 Å². The quantitative estimate of drug-likeness (QED) is 0.592. The molecule has 0 aliphatic carbocycles. The Kier molecular flexibility index (Phi) is 8.19. The van der Waals surface area contributed by atoms with Crippen LogP contribution in [0.15, 0.2) is 18.2 Å². The minimum atomic E-state index is -0.541. The molecule has 1 N–H and O–H groups in total. The van der Waals surface area contributed by atoms with Gasteiger partial charge in [0.1, 0.15) is 22.8 Å². The number of hydrogen-bond acceptors (Lipinski definition) is 6. The van der Waals surface area contributed by atoms with Gasteiger partial charge < -0.3 is 28.8 Å². The second-order valence-electron chi connectivity index (χ2n) is 8.46. The SMILES string of the molecule is CCC[C@@H](CNC(=O)OC(C)(C)C)COc1ccc(OC)c2c1cc(C(=O)OC)n2C. The topological polar surface area (TPSA) is 88.0 Å². The van der Waals surface area contributed by atoms with Crippen LogP contribution in [0.5, 0.6) is 11.5 Å². The Labute approximate surface area is 183 Å². The minimum Gasteiger partial charge on any atom is -0.495 e. The molecule has 8 heteroatoms. The summed E-state index contributed by atoms with van der Waals surface area (Å²) in [5.74, 6) is 0.951. The molecule has 0 saturated heterocycles. The van der Waals surface area contributed by atoms with Crippen LogP contribution in [0.4, 0.5) is 4.79 Å². The summed E-state index contributed by atoms with van der Waals surface area (Å²) in [5.41, 5.74) is 0.614. The predicted molar refractivity (Wildman–Crippen MR) is 119 cm³/mol. The van der Waals surface area contributed by atoms with Crippen molar-refractivity contribution in [2.75, 3.05) is 27.4 Å². The van der Waals surface area contributed by atoms with Crippen molar-refractivity contribution in [3.63, 3.8) is 0 Å². The number of carbonyl (C=O) groups excluding carboxylic acids is 2. The predicted octanol–water partition coefficient (Wildman–Crippen LogP) is 4.29. The third-order valence-corrected chi connectivity index (χ3v) is 4.84. The molecule has 31 heavy (non-hydrogen) atoms. The molecule has 172 valence electrons. The zero-order valence-electron chi connectivity index (χ0n) is 19.5. The molecule has 0 bridgehead atoms. The average Bonchev–Trinajstić information content (AvgIpc) is 3.06. The van der Waals surface area contributed by atoms with E-state index in [-0.39, 0.29) is 5.92 Å². The molecule has 2 aromatic rings. The van der Waals surface area contributed by atoms with E-state index in [0.29, 0.717) is 30.3 Å². The smallest absolute Gasteiger partial charge is 0.407 e. The van der Waals surface area contributed by atoms with Crippen LogP contribution in [0.3, 0.4) is 0 Å². The molecule has 0 spiro atoms.